The lowest BCUT2D eigenvalue weighted by molar-refractivity contribution is 1.02. The first-order chi connectivity index (χ1) is 3.79. The molecular formula is C6H10N2. The van der Waals surface area contributed by atoms with E-state index in [0.29, 0.717) is 0 Å². The Kier molecular flexibility index (Phi) is 1.42. The standard InChI is InChI=1S/C6H10N2/c1-5-3-4-6(2)8-7-5/h3-4H2,1-2H3. The normalized spacial score (nSPS) is 19.8. The number of rotatable bonds is 0. The monoisotopic (exact) mass is 110 g/mol. The van der Waals surface area contributed by atoms with Crippen molar-refractivity contribution >= 4 is 11.4 Å². The Balaban J connectivity index is 2.65. The fraction of sp³-hybridized carbons (Fsp3) is 0.667. The molecule has 0 unspecified atom stereocenters. The van der Waals surface area contributed by atoms with Crippen LogP contribution in [0.15, 0.2) is 10.2 Å². The van der Waals surface area contributed by atoms with Crippen molar-refractivity contribution in [2.75, 3.05) is 0 Å². The molecule has 0 bridgehead atoms. The van der Waals surface area contributed by atoms with Crippen molar-refractivity contribution in [1.82, 2.24) is 0 Å². The van der Waals surface area contributed by atoms with Gasteiger partial charge in [-0.25, -0.2) is 0 Å². The van der Waals surface area contributed by atoms with Gasteiger partial charge in [0, 0.05) is 11.4 Å². The largest absolute Gasteiger partial charge is 0.160 e. The van der Waals surface area contributed by atoms with Crippen molar-refractivity contribution in [2.24, 2.45) is 10.2 Å². The second kappa shape index (κ2) is 2.07. The van der Waals surface area contributed by atoms with Gasteiger partial charge in [0.05, 0.1) is 0 Å². The molecule has 1 aliphatic rings. The van der Waals surface area contributed by atoms with Crippen LogP contribution < -0.4 is 0 Å². The summed E-state index contributed by atoms with van der Waals surface area (Å²) in [6.07, 6.45) is 2.19. The van der Waals surface area contributed by atoms with E-state index in [0.717, 1.165) is 24.3 Å². The molecule has 0 fully saturated rings. The summed E-state index contributed by atoms with van der Waals surface area (Å²) in [5, 5.41) is 7.83. The Morgan fingerprint density at radius 2 is 1.38 bits per heavy atom. The van der Waals surface area contributed by atoms with Crippen molar-refractivity contribution in [2.45, 2.75) is 26.7 Å². The number of hydrogen-bond donors (Lipinski definition) is 0. The predicted molar refractivity (Wildman–Crippen MR) is 35.5 cm³/mol. The van der Waals surface area contributed by atoms with Crippen LogP contribution in [-0.4, -0.2) is 11.4 Å². The van der Waals surface area contributed by atoms with E-state index in [2.05, 4.69) is 10.2 Å². The highest BCUT2D eigenvalue weighted by molar-refractivity contribution is 5.92. The molecule has 0 spiro atoms. The van der Waals surface area contributed by atoms with Crippen LogP contribution in [-0.2, 0) is 0 Å². The molecule has 1 heterocycles. The summed E-state index contributed by atoms with van der Waals surface area (Å²) in [5.41, 5.74) is 2.30. The molecule has 0 saturated heterocycles. The quantitative estimate of drug-likeness (QED) is 0.452. The Morgan fingerprint density at radius 3 is 1.62 bits per heavy atom. The summed E-state index contributed by atoms with van der Waals surface area (Å²) < 4.78 is 0. The molecule has 2 heteroatoms. The van der Waals surface area contributed by atoms with Crippen molar-refractivity contribution in [1.29, 1.82) is 0 Å². The molecule has 44 valence electrons. The SMILES string of the molecule is CC1=NN=C(C)CC1. The third kappa shape index (κ3) is 1.15. The van der Waals surface area contributed by atoms with Crippen molar-refractivity contribution in [3.05, 3.63) is 0 Å². The molecule has 1 aliphatic heterocycles. The van der Waals surface area contributed by atoms with Gasteiger partial charge in [0.2, 0.25) is 0 Å². The maximum atomic E-state index is 3.92. The van der Waals surface area contributed by atoms with Gasteiger partial charge in [-0.1, -0.05) is 0 Å². The van der Waals surface area contributed by atoms with Gasteiger partial charge in [-0.2, -0.15) is 10.2 Å². The van der Waals surface area contributed by atoms with Crippen LogP contribution in [0.4, 0.5) is 0 Å². The lowest BCUT2D eigenvalue weighted by Crippen LogP contribution is -2.02. The molecule has 0 aromatic heterocycles. The maximum Gasteiger partial charge on any atom is 0.0378 e. The Labute approximate surface area is 49.3 Å². The molecule has 0 atom stereocenters. The first kappa shape index (κ1) is 5.48. The van der Waals surface area contributed by atoms with Crippen molar-refractivity contribution < 1.29 is 0 Å². The van der Waals surface area contributed by atoms with Crippen molar-refractivity contribution in [3.63, 3.8) is 0 Å². The second-order valence-electron chi connectivity index (χ2n) is 2.17. The van der Waals surface area contributed by atoms with E-state index in [4.69, 9.17) is 0 Å². The van der Waals surface area contributed by atoms with E-state index in [1.54, 1.807) is 0 Å². The van der Waals surface area contributed by atoms with Crippen LogP contribution in [0.5, 0.6) is 0 Å². The van der Waals surface area contributed by atoms with E-state index in [-0.39, 0.29) is 0 Å². The lowest BCUT2D eigenvalue weighted by atomic mass is 10.1. The third-order valence-electron chi connectivity index (χ3n) is 1.24. The summed E-state index contributed by atoms with van der Waals surface area (Å²) >= 11 is 0. The smallest absolute Gasteiger partial charge is 0.0378 e. The van der Waals surface area contributed by atoms with Crippen LogP contribution in [0, 0.1) is 0 Å². The van der Waals surface area contributed by atoms with Crippen LogP contribution >= 0.6 is 0 Å². The number of nitrogens with zero attached hydrogens (tertiary/aromatic N) is 2. The lowest BCUT2D eigenvalue weighted by Gasteiger charge is -2.02. The first-order valence-electron chi connectivity index (χ1n) is 2.85. The second-order valence-corrected chi connectivity index (χ2v) is 2.17. The van der Waals surface area contributed by atoms with E-state index in [1.165, 1.54) is 0 Å². The topological polar surface area (TPSA) is 24.7 Å². The van der Waals surface area contributed by atoms with Crippen LogP contribution in [0.1, 0.15) is 26.7 Å². The Morgan fingerprint density at radius 1 is 1.00 bits per heavy atom. The van der Waals surface area contributed by atoms with Crippen molar-refractivity contribution in [3.8, 4) is 0 Å². The molecule has 0 amide bonds. The highest BCUT2D eigenvalue weighted by Gasteiger charge is 1.99. The molecule has 2 nitrogen and oxygen atoms in total. The van der Waals surface area contributed by atoms with E-state index >= 15 is 0 Å². The zero-order chi connectivity index (χ0) is 5.98. The minimum absolute atomic E-state index is 1.09. The van der Waals surface area contributed by atoms with Gasteiger partial charge in [0.15, 0.2) is 0 Å². The molecule has 0 radical (unpaired) electrons. The van der Waals surface area contributed by atoms with Gasteiger partial charge in [0.25, 0.3) is 0 Å². The highest BCUT2D eigenvalue weighted by atomic mass is 15.2. The summed E-state index contributed by atoms with van der Waals surface area (Å²) in [7, 11) is 0. The van der Waals surface area contributed by atoms with Gasteiger partial charge in [-0.3, -0.25) is 0 Å². The van der Waals surface area contributed by atoms with Gasteiger partial charge in [-0.05, 0) is 26.7 Å². The number of hydrogen-bond acceptors (Lipinski definition) is 2. The van der Waals surface area contributed by atoms with E-state index < -0.39 is 0 Å². The predicted octanol–water partition coefficient (Wildman–Crippen LogP) is 1.62. The molecule has 0 aliphatic carbocycles. The molecule has 8 heavy (non-hydrogen) atoms. The maximum absolute atomic E-state index is 3.92. The zero-order valence-electron chi connectivity index (χ0n) is 5.31. The molecule has 0 N–H and O–H groups in total. The van der Waals surface area contributed by atoms with Gasteiger partial charge in [-0.15, -0.1) is 0 Å². The Bertz CT molecular complexity index is 127. The van der Waals surface area contributed by atoms with Crippen LogP contribution in [0.3, 0.4) is 0 Å². The highest BCUT2D eigenvalue weighted by Crippen LogP contribution is 2.02. The average Bonchev–Trinajstić information content (AvgIpc) is 1.77. The van der Waals surface area contributed by atoms with E-state index in [9.17, 15) is 0 Å². The van der Waals surface area contributed by atoms with E-state index in [1.807, 2.05) is 13.8 Å². The van der Waals surface area contributed by atoms with Crippen LogP contribution in [0.2, 0.25) is 0 Å². The molecule has 0 saturated carbocycles. The summed E-state index contributed by atoms with van der Waals surface area (Å²) in [4.78, 5) is 0. The Hall–Kier alpha value is -0.660. The minimum Gasteiger partial charge on any atom is -0.160 e. The summed E-state index contributed by atoms with van der Waals surface area (Å²) in [6.45, 7) is 4.02. The first-order valence-corrected chi connectivity index (χ1v) is 2.85. The summed E-state index contributed by atoms with van der Waals surface area (Å²) in [6, 6.07) is 0. The van der Waals surface area contributed by atoms with Gasteiger partial charge in [0.1, 0.15) is 0 Å². The minimum atomic E-state index is 1.09. The molecule has 1 rings (SSSR count). The molecular weight excluding hydrogens is 100 g/mol. The summed E-state index contributed by atoms with van der Waals surface area (Å²) in [5.74, 6) is 0. The fourth-order valence-corrected chi connectivity index (χ4v) is 0.633. The van der Waals surface area contributed by atoms with Gasteiger partial charge < -0.3 is 0 Å². The molecule has 0 aromatic carbocycles. The third-order valence-corrected chi connectivity index (χ3v) is 1.24. The fourth-order valence-electron chi connectivity index (χ4n) is 0.633. The molecule has 0 aromatic rings. The zero-order valence-corrected chi connectivity index (χ0v) is 5.31. The average molecular weight is 110 g/mol. The van der Waals surface area contributed by atoms with Crippen LogP contribution in [0.25, 0.3) is 0 Å². The van der Waals surface area contributed by atoms with Gasteiger partial charge >= 0.3 is 0 Å².